The molecular formula is C26H52N4O18. The number of aliphatic carboxylic acids is 4. The highest BCUT2D eigenvalue weighted by molar-refractivity contribution is 5.63. The lowest BCUT2D eigenvalue weighted by Gasteiger charge is -2.46. The smallest absolute Gasteiger partial charge is 0.300 e. The predicted molar refractivity (Wildman–Crippen MR) is 160 cm³/mol. The summed E-state index contributed by atoms with van der Waals surface area (Å²) in [5, 5.41) is 89.9. The van der Waals surface area contributed by atoms with Gasteiger partial charge in [0.1, 0.15) is 48.8 Å². The third kappa shape index (κ3) is 18.2. The van der Waals surface area contributed by atoms with Crippen LogP contribution in [0.3, 0.4) is 0 Å². The Kier molecular flexibility index (Phi) is 23.4. The second-order valence-corrected chi connectivity index (χ2v) is 10.7. The molecule has 0 aromatic carbocycles. The van der Waals surface area contributed by atoms with Crippen molar-refractivity contribution in [1.29, 1.82) is 0 Å². The fourth-order valence-corrected chi connectivity index (χ4v) is 4.29. The van der Waals surface area contributed by atoms with Crippen LogP contribution in [0.5, 0.6) is 0 Å². The summed E-state index contributed by atoms with van der Waals surface area (Å²) in [6.45, 7) is 4.15. The summed E-state index contributed by atoms with van der Waals surface area (Å²) in [6, 6.07) is -1.25. The van der Waals surface area contributed by atoms with Gasteiger partial charge in [-0.1, -0.05) is 0 Å². The molecule has 2 heterocycles. The van der Waals surface area contributed by atoms with Gasteiger partial charge in [0.05, 0.1) is 12.2 Å². The number of carbonyl (C=O) groups is 4. The van der Waals surface area contributed by atoms with E-state index in [1.165, 1.54) is 0 Å². The maximum atomic E-state index is 10.2. The van der Waals surface area contributed by atoms with Crippen LogP contribution in [0.25, 0.3) is 0 Å². The number of aliphatic hydroxyl groups is 6. The van der Waals surface area contributed by atoms with Crippen molar-refractivity contribution < 1.29 is 89.2 Å². The average Bonchev–Trinajstić information content (AvgIpc) is 2.94. The fraction of sp³-hybridized carbons (Fsp3) is 0.846. The van der Waals surface area contributed by atoms with Gasteiger partial charge in [-0.05, 0) is 12.8 Å². The summed E-state index contributed by atoms with van der Waals surface area (Å²) >= 11 is 0. The molecule has 3 rings (SSSR count). The standard InChI is InChI=1S/C18H36N4O10.4C2H4O2/c19-3-9-11(23)13(25)15(27)17(31-9)29-7-1-5(21)8(2-6(7)22)30-18-16(28)14(26)12(24)10(4-20)32-18;4*1-2(3)4/h5-18,23-28H,1-4,19-22H2;4*1H3,(H,3,4)/t5-,6-,7-,8-,9-,10+,11-,12+,13+,14-,15-,16+,17+,18+;;;;/m1..../s1. The van der Waals surface area contributed by atoms with Gasteiger partial charge in [-0.25, -0.2) is 0 Å². The third-order valence-corrected chi connectivity index (χ3v) is 6.38. The second-order valence-electron chi connectivity index (χ2n) is 10.7. The van der Waals surface area contributed by atoms with Crippen molar-refractivity contribution in [2.75, 3.05) is 13.1 Å². The van der Waals surface area contributed by atoms with Crippen LogP contribution in [-0.4, -0.2) is 174 Å². The molecule has 0 bridgehead atoms. The van der Waals surface area contributed by atoms with Crippen molar-refractivity contribution in [2.24, 2.45) is 22.9 Å². The monoisotopic (exact) mass is 708 g/mol. The molecule has 0 spiro atoms. The first-order valence-corrected chi connectivity index (χ1v) is 14.4. The molecule has 22 heteroatoms. The Bertz CT molecular complexity index is 848. The molecule has 0 aromatic rings. The number of ether oxygens (including phenoxy) is 4. The van der Waals surface area contributed by atoms with Crippen LogP contribution in [0.1, 0.15) is 40.5 Å². The van der Waals surface area contributed by atoms with Gasteiger partial charge in [-0.15, -0.1) is 0 Å². The molecule has 0 radical (unpaired) electrons. The van der Waals surface area contributed by atoms with Crippen LogP contribution < -0.4 is 22.9 Å². The van der Waals surface area contributed by atoms with Crippen molar-refractivity contribution in [3.8, 4) is 0 Å². The molecular weight excluding hydrogens is 656 g/mol. The molecule has 2 aliphatic heterocycles. The van der Waals surface area contributed by atoms with E-state index in [9.17, 15) is 30.6 Å². The number of hydrogen-bond acceptors (Lipinski definition) is 18. The molecule has 18 N–H and O–H groups in total. The van der Waals surface area contributed by atoms with Crippen LogP contribution >= 0.6 is 0 Å². The zero-order chi connectivity index (χ0) is 38.0. The van der Waals surface area contributed by atoms with Gasteiger partial charge >= 0.3 is 0 Å². The van der Waals surface area contributed by atoms with E-state index in [4.69, 9.17) is 81.5 Å². The Balaban J connectivity index is 0. The van der Waals surface area contributed by atoms with E-state index in [1.54, 1.807) is 0 Å². The van der Waals surface area contributed by atoms with Crippen molar-refractivity contribution in [1.82, 2.24) is 0 Å². The molecule has 1 saturated carbocycles. The van der Waals surface area contributed by atoms with Crippen LogP contribution in [-0.2, 0) is 38.1 Å². The van der Waals surface area contributed by atoms with Crippen molar-refractivity contribution in [3.63, 3.8) is 0 Å². The summed E-state index contributed by atoms with van der Waals surface area (Å²) in [5.74, 6) is -3.33. The van der Waals surface area contributed by atoms with Gasteiger partial charge in [0, 0.05) is 52.9 Å². The molecule has 0 aromatic heterocycles. The van der Waals surface area contributed by atoms with Gasteiger partial charge in [-0.2, -0.15) is 0 Å². The summed E-state index contributed by atoms with van der Waals surface area (Å²) in [7, 11) is 0. The normalized spacial score (nSPS) is 37.2. The van der Waals surface area contributed by atoms with E-state index in [-0.39, 0.29) is 25.9 Å². The van der Waals surface area contributed by atoms with E-state index in [0.717, 1.165) is 27.7 Å². The SMILES string of the molecule is CC(=O)O.CC(=O)O.CC(=O)O.CC(=O)O.NC[C@@H]1O[C@H](O[C@@H]2C[C@@H](N)[C@H](O[C@H]3O[C@H](CN)[C@@H](O)[C@H](O)[C@H]3O)C[C@H]2N)[C@@H](O)[C@H](O)[C@H]1O. The van der Waals surface area contributed by atoms with Crippen molar-refractivity contribution >= 4 is 23.9 Å². The minimum absolute atomic E-state index is 0.0922. The zero-order valence-corrected chi connectivity index (χ0v) is 27.0. The first-order valence-electron chi connectivity index (χ1n) is 14.4. The number of hydrogen-bond donors (Lipinski definition) is 14. The Morgan fingerprint density at radius 1 is 0.542 bits per heavy atom. The molecule has 48 heavy (non-hydrogen) atoms. The molecule has 0 amide bonds. The lowest BCUT2D eigenvalue weighted by molar-refractivity contribution is -0.319. The summed E-state index contributed by atoms with van der Waals surface area (Å²) in [4.78, 5) is 36.0. The summed E-state index contributed by atoms with van der Waals surface area (Å²) < 4.78 is 22.5. The Morgan fingerprint density at radius 3 is 0.979 bits per heavy atom. The van der Waals surface area contributed by atoms with Crippen LogP contribution in [0, 0.1) is 0 Å². The largest absolute Gasteiger partial charge is 0.481 e. The topological polar surface area (TPSA) is 412 Å². The lowest BCUT2D eigenvalue weighted by Crippen LogP contribution is -2.64. The Morgan fingerprint density at radius 2 is 0.771 bits per heavy atom. The first-order chi connectivity index (χ1) is 22.0. The van der Waals surface area contributed by atoms with Crippen molar-refractivity contribution in [2.45, 2.75) is 126 Å². The minimum Gasteiger partial charge on any atom is -0.481 e. The molecule has 3 aliphatic rings. The van der Waals surface area contributed by atoms with E-state index < -0.39 is 110 Å². The van der Waals surface area contributed by atoms with Crippen LogP contribution in [0.2, 0.25) is 0 Å². The minimum atomic E-state index is -1.52. The number of rotatable bonds is 6. The summed E-state index contributed by atoms with van der Waals surface area (Å²) in [6.07, 6.45) is -14.1. The van der Waals surface area contributed by atoms with E-state index >= 15 is 0 Å². The zero-order valence-electron chi connectivity index (χ0n) is 27.0. The third-order valence-electron chi connectivity index (χ3n) is 6.38. The number of nitrogens with two attached hydrogens (primary N) is 4. The van der Waals surface area contributed by atoms with E-state index in [0.29, 0.717) is 0 Å². The maximum Gasteiger partial charge on any atom is 0.300 e. The number of carboxylic acid groups (broad SMARTS) is 4. The predicted octanol–water partition coefficient (Wildman–Crippen LogP) is -5.90. The quantitative estimate of drug-likeness (QED) is 0.122. The molecule has 2 saturated heterocycles. The highest BCUT2D eigenvalue weighted by Crippen LogP contribution is 2.30. The highest BCUT2D eigenvalue weighted by Gasteiger charge is 2.48. The first kappa shape index (κ1) is 47.4. The molecule has 3 fully saturated rings. The fourth-order valence-electron chi connectivity index (χ4n) is 4.29. The van der Waals surface area contributed by atoms with Gasteiger partial charge < -0.3 is 92.9 Å². The molecule has 0 unspecified atom stereocenters. The molecule has 22 nitrogen and oxygen atoms in total. The number of aliphatic hydroxyl groups excluding tert-OH is 6. The van der Waals surface area contributed by atoms with Crippen molar-refractivity contribution in [3.05, 3.63) is 0 Å². The second kappa shape index (κ2) is 23.6. The molecule has 1 aliphatic carbocycles. The van der Waals surface area contributed by atoms with Gasteiger partial charge in [0.2, 0.25) is 0 Å². The van der Waals surface area contributed by atoms with E-state index in [1.807, 2.05) is 0 Å². The number of carboxylic acids is 4. The Labute approximate surface area is 275 Å². The van der Waals surface area contributed by atoms with Crippen LogP contribution in [0.15, 0.2) is 0 Å². The summed E-state index contributed by atoms with van der Waals surface area (Å²) in [5.41, 5.74) is 23.5. The van der Waals surface area contributed by atoms with Gasteiger partial charge in [-0.3, -0.25) is 19.2 Å². The molecule has 284 valence electrons. The lowest BCUT2D eigenvalue weighted by atomic mass is 9.86. The van der Waals surface area contributed by atoms with E-state index in [2.05, 4.69) is 0 Å². The maximum absolute atomic E-state index is 10.2. The average molecular weight is 709 g/mol. The van der Waals surface area contributed by atoms with Crippen LogP contribution in [0.4, 0.5) is 0 Å². The Hall–Kier alpha value is -2.68. The highest BCUT2D eigenvalue weighted by atomic mass is 16.7. The van der Waals surface area contributed by atoms with Gasteiger partial charge in [0.15, 0.2) is 12.6 Å². The molecule has 14 atom stereocenters. The van der Waals surface area contributed by atoms with Gasteiger partial charge in [0.25, 0.3) is 23.9 Å².